The highest BCUT2D eigenvalue weighted by Crippen LogP contribution is 2.30. The van der Waals surface area contributed by atoms with Crippen LogP contribution in [0, 0.1) is 11.8 Å². The number of allylic oxidation sites excluding steroid dienone is 2. The molecule has 132 valence electrons. The maximum atomic E-state index is 2.39. The summed E-state index contributed by atoms with van der Waals surface area (Å²) >= 11 is 0. The average molecular weight is 309 g/mol. The van der Waals surface area contributed by atoms with Crippen LogP contribution in [0.25, 0.3) is 0 Å². The molecular formula is C22H44. The third-order valence-electron chi connectivity index (χ3n) is 5.02. The van der Waals surface area contributed by atoms with Gasteiger partial charge in [0.25, 0.3) is 0 Å². The maximum Gasteiger partial charge on any atom is -0.0289 e. The van der Waals surface area contributed by atoms with Crippen molar-refractivity contribution >= 4 is 0 Å². The number of hydrogen-bond donors (Lipinski definition) is 0. The molecule has 0 aromatic carbocycles. The van der Waals surface area contributed by atoms with Crippen LogP contribution >= 0.6 is 0 Å². The van der Waals surface area contributed by atoms with E-state index < -0.39 is 0 Å². The molecule has 0 heteroatoms. The van der Waals surface area contributed by atoms with Crippen molar-refractivity contribution in [2.24, 2.45) is 11.8 Å². The Labute approximate surface area is 142 Å². The molecule has 0 aliphatic rings. The summed E-state index contributed by atoms with van der Waals surface area (Å²) in [7, 11) is 0. The van der Waals surface area contributed by atoms with Crippen molar-refractivity contribution in [1.82, 2.24) is 0 Å². The van der Waals surface area contributed by atoms with Gasteiger partial charge < -0.3 is 0 Å². The molecular weight excluding hydrogens is 264 g/mol. The Hall–Kier alpha value is -0.260. The van der Waals surface area contributed by atoms with Gasteiger partial charge >= 0.3 is 0 Å². The lowest BCUT2D eigenvalue weighted by Crippen LogP contribution is -2.08. The molecule has 0 bridgehead atoms. The van der Waals surface area contributed by atoms with Gasteiger partial charge in [0.2, 0.25) is 0 Å². The molecule has 1 unspecified atom stereocenters. The monoisotopic (exact) mass is 308 g/mol. The fourth-order valence-corrected chi connectivity index (χ4v) is 3.51. The highest BCUT2D eigenvalue weighted by atomic mass is 14.2. The zero-order chi connectivity index (χ0) is 16.8. The lowest BCUT2D eigenvalue weighted by atomic mass is 9.84. The smallest absolute Gasteiger partial charge is 0.0289 e. The standard InChI is InChI=1S/C22H44/c1-7-10-12-14-16-22(20(6)9-3)18-21(17-19(4)5)15-13-11-8-2/h19,21H,7-18H2,1-6H3. The van der Waals surface area contributed by atoms with Crippen molar-refractivity contribution in [2.75, 3.05) is 0 Å². The van der Waals surface area contributed by atoms with Crippen LogP contribution in [-0.4, -0.2) is 0 Å². The Morgan fingerprint density at radius 1 is 0.818 bits per heavy atom. The minimum atomic E-state index is 0.843. The van der Waals surface area contributed by atoms with Gasteiger partial charge in [-0.15, -0.1) is 0 Å². The van der Waals surface area contributed by atoms with Gasteiger partial charge in [0.05, 0.1) is 0 Å². The number of hydrogen-bond acceptors (Lipinski definition) is 0. The van der Waals surface area contributed by atoms with E-state index in [2.05, 4.69) is 41.5 Å². The molecule has 22 heavy (non-hydrogen) atoms. The van der Waals surface area contributed by atoms with Gasteiger partial charge in [-0.25, -0.2) is 0 Å². The average Bonchev–Trinajstić information content (AvgIpc) is 2.49. The van der Waals surface area contributed by atoms with Crippen molar-refractivity contribution in [3.05, 3.63) is 11.1 Å². The summed E-state index contributed by atoms with van der Waals surface area (Å²) in [6.07, 6.45) is 16.6. The zero-order valence-electron chi connectivity index (χ0n) is 16.6. The van der Waals surface area contributed by atoms with E-state index in [9.17, 15) is 0 Å². The van der Waals surface area contributed by atoms with Crippen molar-refractivity contribution in [1.29, 1.82) is 0 Å². The Kier molecular flexibility index (Phi) is 14.2. The molecule has 0 aromatic rings. The molecule has 0 aliphatic heterocycles. The SMILES string of the molecule is CCCCCCC(CC(CCCCC)CC(C)C)=C(C)CC. The molecule has 0 rings (SSSR count). The Morgan fingerprint density at radius 3 is 2.00 bits per heavy atom. The van der Waals surface area contributed by atoms with E-state index in [0.717, 1.165) is 11.8 Å². The van der Waals surface area contributed by atoms with E-state index in [1.807, 2.05) is 0 Å². The summed E-state index contributed by atoms with van der Waals surface area (Å²) < 4.78 is 0. The molecule has 0 aliphatic carbocycles. The van der Waals surface area contributed by atoms with Gasteiger partial charge in [0, 0.05) is 0 Å². The van der Waals surface area contributed by atoms with E-state index in [1.165, 1.54) is 77.0 Å². The zero-order valence-corrected chi connectivity index (χ0v) is 16.6. The van der Waals surface area contributed by atoms with Crippen LogP contribution < -0.4 is 0 Å². The number of rotatable bonds is 14. The topological polar surface area (TPSA) is 0 Å². The van der Waals surface area contributed by atoms with Crippen LogP contribution in [0.5, 0.6) is 0 Å². The second kappa shape index (κ2) is 14.3. The molecule has 0 aromatic heterocycles. The van der Waals surface area contributed by atoms with Gasteiger partial charge in [-0.2, -0.15) is 0 Å². The summed E-state index contributed by atoms with van der Waals surface area (Å²) in [5.41, 5.74) is 3.49. The highest BCUT2D eigenvalue weighted by molar-refractivity contribution is 5.12. The van der Waals surface area contributed by atoms with E-state index in [1.54, 1.807) is 11.1 Å². The third-order valence-corrected chi connectivity index (χ3v) is 5.02. The lowest BCUT2D eigenvalue weighted by molar-refractivity contribution is 0.365. The van der Waals surface area contributed by atoms with Gasteiger partial charge in [-0.3, -0.25) is 0 Å². The van der Waals surface area contributed by atoms with Crippen LogP contribution in [0.1, 0.15) is 119 Å². The van der Waals surface area contributed by atoms with Gasteiger partial charge in [-0.05, 0) is 50.9 Å². The summed E-state index contributed by atoms with van der Waals surface area (Å²) in [6, 6.07) is 0. The molecule has 1 atom stereocenters. The van der Waals surface area contributed by atoms with E-state index in [0.29, 0.717) is 0 Å². The summed E-state index contributed by atoms with van der Waals surface area (Å²) in [5, 5.41) is 0. The summed E-state index contributed by atoms with van der Waals surface area (Å²) in [6.45, 7) is 14.1. The fourth-order valence-electron chi connectivity index (χ4n) is 3.51. The van der Waals surface area contributed by atoms with Gasteiger partial charge in [-0.1, -0.05) is 90.7 Å². The molecule has 0 fully saturated rings. The Bertz CT molecular complexity index is 272. The van der Waals surface area contributed by atoms with E-state index in [-0.39, 0.29) is 0 Å². The normalized spacial score (nSPS) is 14.3. The molecule has 0 spiro atoms. The first-order valence-corrected chi connectivity index (χ1v) is 10.2. The maximum absolute atomic E-state index is 2.39. The molecule has 0 amide bonds. The first-order valence-electron chi connectivity index (χ1n) is 10.2. The van der Waals surface area contributed by atoms with Crippen molar-refractivity contribution in [3.63, 3.8) is 0 Å². The summed E-state index contributed by atoms with van der Waals surface area (Å²) in [4.78, 5) is 0. The Balaban J connectivity index is 4.58. The predicted octanol–water partition coefficient (Wildman–Crippen LogP) is 8.32. The predicted molar refractivity (Wildman–Crippen MR) is 103 cm³/mol. The van der Waals surface area contributed by atoms with Crippen molar-refractivity contribution < 1.29 is 0 Å². The van der Waals surface area contributed by atoms with Crippen LogP contribution in [0.2, 0.25) is 0 Å². The number of unbranched alkanes of at least 4 members (excludes halogenated alkanes) is 5. The second-order valence-corrected chi connectivity index (χ2v) is 7.74. The molecule has 0 radical (unpaired) electrons. The highest BCUT2D eigenvalue weighted by Gasteiger charge is 2.14. The first kappa shape index (κ1) is 21.7. The molecule has 0 saturated carbocycles. The van der Waals surface area contributed by atoms with Crippen LogP contribution in [0.15, 0.2) is 11.1 Å². The van der Waals surface area contributed by atoms with Crippen LogP contribution in [0.3, 0.4) is 0 Å². The van der Waals surface area contributed by atoms with E-state index in [4.69, 9.17) is 0 Å². The van der Waals surface area contributed by atoms with Crippen LogP contribution in [0.4, 0.5) is 0 Å². The summed E-state index contributed by atoms with van der Waals surface area (Å²) in [5.74, 6) is 1.77. The molecule has 0 heterocycles. The largest absolute Gasteiger partial charge is 0.0744 e. The fraction of sp³-hybridized carbons (Fsp3) is 0.909. The minimum Gasteiger partial charge on any atom is -0.0744 e. The molecule has 0 saturated heterocycles. The minimum absolute atomic E-state index is 0.843. The van der Waals surface area contributed by atoms with Gasteiger partial charge in [0.1, 0.15) is 0 Å². The van der Waals surface area contributed by atoms with E-state index >= 15 is 0 Å². The molecule has 0 nitrogen and oxygen atoms in total. The first-order chi connectivity index (χ1) is 10.5. The van der Waals surface area contributed by atoms with Crippen molar-refractivity contribution in [2.45, 2.75) is 119 Å². The van der Waals surface area contributed by atoms with Crippen molar-refractivity contribution in [3.8, 4) is 0 Å². The quantitative estimate of drug-likeness (QED) is 0.223. The molecule has 0 N–H and O–H groups in total. The second-order valence-electron chi connectivity index (χ2n) is 7.74. The third kappa shape index (κ3) is 11.3. The Morgan fingerprint density at radius 2 is 1.45 bits per heavy atom. The van der Waals surface area contributed by atoms with Crippen LogP contribution in [-0.2, 0) is 0 Å². The lowest BCUT2D eigenvalue weighted by Gasteiger charge is -2.22. The van der Waals surface area contributed by atoms with Gasteiger partial charge in [0.15, 0.2) is 0 Å².